The highest BCUT2D eigenvalue weighted by Gasteiger charge is 2.14. The van der Waals surface area contributed by atoms with Gasteiger partial charge in [0.2, 0.25) is 0 Å². The van der Waals surface area contributed by atoms with Crippen molar-refractivity contribution in [3.05, 3.63) is 52.4 Å². The summed E-state index contributed by atoms with van der Waals surface area (Å²) in [7, 11) is 0. The van der Waals surface area contributed by atoms with Gasteiger partial charge in [0.25, 0.3) is 0 Å². The predicted octanol–water partition coefficient (Wildman–Crippen LogP) is 2.94. The quantitative estimate of drug-likeness (QED) is 0.392. The van der Waals surface area contributed by atoms with Crippen LogP contribution in [0.3, 0.4) is 0 Å². The normalized spacial score (nSPS) is 10.3. The van der Waals surface area contributed by atoms with Crippen molar-refractivity contribution in [2.75, 3.05) is 0 Å². The summed E-state index contributed by atoms with van der Waals surface area (Å²) in [6.07, 6.45) is 1.49. The van der Waals surface area contributed by atoms with Gasteiger partial charge in [0.1, 0.15) is 0 Å². The average Bonchev–Trinajstić information content (AvgIpc) is 2.84. The smallest absolute Gasteiger partial charge is 0.301 e. The molecule has 0 saturated carbocycles. The maximum absolute atomic E-state index is 11.4. The van der Waals surface area contributed by atoms with E-state index in [1.54, 1.807) is 17.8 Å². The van der Waals surface area contributed by atoms with Crippen LogP contribution in [0.4, 0.5) is 0 Å². The molecular formula is C12H11BrN2O2S. The Morgan fingerprint density at radius 1 is 1.44 bits per heavy atom. The lowest BCUT2D eigenvalue weighted by Crippen LogP contribution is -2.30. The van der Waals surface area contributed by atoms with Gasteiger partial charge in [-0.1, -0.05) is 22.0 Å². The molecule has 0 aliphatic carbocycles. The molecule has 1 aromatic heterocycles. The van der Waals surface area contributed by atoms with Crippen LogP contribution in [0.25, 0.3) is 0 Å². The van der Waals surface area contributed by atoms with Crippen molar-refractivity contribution in [3.63, 3.8) is 0 Å². The minimum Gasteiger partial charge on any atom is -0.459 e. The fourth-order valence-corrected chi connectivity index (χ4v) is 2.92. The first-order valence-electron chi connectivity index (χ1n) is 5.16. The van der Waals surface area contributed by atoms with Crippen molar-refractivity contribution in [2.24, 2.45) is 5.84 Å². The molecule has 18 heavy (non-hydrogen) atoms. The highest BCUT2D eigenvalue weighted by atomic mass is 79.9. The van der Waals surface area contributed by atoms with Crippen molar-refractivity contribution in [1.29, 1.82) is 0 Å². The third kappa shape index (κ3) is 3.16. The number of hydrogen-bond acceptors (Lipinski definition) is 4. The standard InChI is InChI=1S/C12H11BrN2O2S/c13-9-2-1-3-10(6-9)18-7-8-4-5-17-11(8)12(16)15-14/h1-6H,7,14H2,(H,15,16). The number of carbonyl (C=O) groups excluding carboxylic acids is 1. The van der Waals surface area contributed by atoms with Crippen LogP contribution < -0.4 is 11.3 Å². The van der Waals surface area contributed by atoms with Crippen LogP contribution in [0, 0.1) is 0 Å². The summed E-state index contributed by atoms with van der Waals surface area (Å²) in [5.74, 6) is 5.59. The fourth-order valence-electron chi connectivity index (χ4n) is 1.43. The highest BCUT2D eigenvalue weighted by molar-refractivity contribution is 9.10. The van der Waals surface area contributed by atoms with E-state index in [1.807, 2.05) is 24.3 Å². The zero-order valence-electron chi connectivity index (χ0n) is 9.35. The Morgan fingerprint density at radius 2 is 2.28 bits per heavy atom. The number of thioether (sulfide) groups is 1. The summed E-state index contributed by atoms with van der Waals surface area (Å²) in [6.45, 7) is 0. The third-order valence-electron chi connectivity index (χ3n) is 2.27. The maximum atomic E-state index is 11.4. The topological polar surface area (TPSA) is 68.3 Å². The van der Waals surface area contributed by atoms with Crippen LogP contribution in [0.1, 0.15) is 16.1 Å². The Morgan fingerprint density at radius 3 is 3.00 bits per heavy atom. The first kappa shape index (κ1) is 13.2. The molecule has 0 fully saturated rings. The van der Waals surface area contributed by atoms with Gasteiger partial charge in [-0.25, -0.2) is 5.84 Å². The van der Waals surface area contributed by atoms with Gasteiger partial charge in [0.05, 0.1) is 6.26 Å². The number of halogens is 1. The number of nitrogens with one attached hydrogen (secondary N) is 1. The molecule has 1 amide bonds. The molecule has 3 N–H and O–H groups in total. The summed E-state index contributed by atoms with van der Waals surface area (Å²) >= 11 is 5.04. The zero-order chi connectivity index (χ0) is 13.0. The number of hydrogen-bond donors (Lipinski definition) is 2. The van der Waals surface area contributed by atoms with Gasteiger partial charge in [0, 0.05) is 20.7 Å². The molecule has 2 aromatic rings. The van der Waals surface area contributed by atoms with Crippen molar-refractivity contribution in [2.45, 2.75) is 10.6 Å². The second kappa shape index (κ2) is 6.08. The molecule has 0 atom stereocenters. The second-order valence-corrected chi connectivity index (χ2v) is 5.46. The van der Waals surface area contributed by atoms with Gasteiger partial charge in [-0.2, -0.15) is 0 Å². The molecule has 6 heteroatoms. The fraction of sp³-hybridized carbons (Fsp3) is 0.0833. The third-order valence-corrected chi connectivity index (χ3v) is 3.81. The summed E-state index contributed by atoms with van der Waals surface area (Å²) in [5, 5.41) is 0. The van der Waals surface area contributed by atoms with Gasteiger partial charge in [0.15, 0.2) is 5.76 Å². The molecule has 4 nitrogen and oxygen atoms in total. The van der Waals surface area contributed by atoms with E-state index in [9.17, 15) is 4.79 Å². The van der Waals surface area contributed by atoms with Crippen molar-refractivity contribution >= 4 is 33.6 Å². The van der Waals surface area contributed by atoms with E-state index in [1.165, 1.54) is 6.26 Å². The lowest BCUT2D eigenvalue weighted by molar-refractivity contribution is 0.0925. The predicted molar refractivity (Wildman–Crippen MR) is 74.1 cm³/mol. The maximum Gasteiger partial charge on any atom is 0.301 e. The summed E-state index contributed by atoms with van der Waals surface area (Å²) in [4.78, 5) is 12.5. The number of nitrogens with two attached hydrogens (primary N) is 1. The number of amides is 1. The van der Waals surface area contributed by atoms with E-state index < -0.39 is 5.91 Å². The van der Waals surface area contributed by atoms with Gasteiger partial charge in [-0.15, -0.1) is 11.8 Å². The first-order valence-corrected chi connectivity index (χ1v) is 6.94. The van der Waals surface area contributed by atoms with E-state index >= 15 is 0 Å². The molecule has 0 aliphatic rings. The SMILES string of the molecule is NNC(=O)c1occc1CSc1cccc(Br)c1. The van der Waals surface area contributed by atoms with Crippen LogP contribution >= 0.6 is 27.7 Å². The number of benzene rings is 1. The van der Waals surface area contributed by atoms with E-state index in [4.69, 9.17) is 10.3 Å². The van der Waals surface area contributed by atoms with E-state index in [2.05, 4.69) is 21.4 Å². The lowest BCUT2D eigenvalue weighted by atomic mass is 10.3. The van der Waals surface area contributed by atoms with Gasteiger partial charge >= 0.3 is 5.91 Å². The molecule has 0 bridgehead atoms. The monoisotopic (exact) mass is 326 g/mol. The zero-order valence-corrected chi connectivity index (χ0v) is 11.8. The molecule has 2 rings (SSSR count). The molecule has 0 saturated heterocycles. The number of nitrogen functional groups attached to an aromatic ring is 1. The van der Waals surface area contributed by atoms with Crippen molar-refractivity contribution < 1.29 is 9.21 Å². The van der Waals surface area contributed by atoms with Gasteiger partial charge in [-0.3, -0.25) is 10.2 Å². The Balaban J connectivity index is 2.07. The van der Waals surface area contributed by atoms with Crippen LogP contribution in [0.2, 0.25) is 0 Å². The molecule has 94 valence electrons. The van der Waals surface area contributed by atoms with E-state index in [0.29, 0.717) is 5.75 Å². The lowest BCUT2D eigenvalue weighted by Gasteiger charge is -2.02. The Hall–Kier alpha value is -1.24. The molecule has 1 heterocycles. The molecule has 0 radical (unpaired) electrons. The molecule has 1 aromatic carbocycles. The van der Waals surface area contributed by atoms with Gasteiger partial charge in [-0.05, 0) is 24.3 Å². The number of carbonyl (C=O) groups is 1. The molecule has 0 spiro atoms. The van der Waals surface area contributed by atoms with E-state index in [-0.39, 0.29) is 5.76 Å². The average molecular weight is 327 g/mol. The van der Waals surface area contributed by atoms with Crippen LogP contribution in [0.15, 0.2) is 50.4 Å². The van der Waals surface area contributed by atoms with Crippen LogP contribution in [-0.2, 0) is 5.75 Å². The number of furan rings is 1. The Bertz CT molecular complexity index is 557. The summed E-state index contributed by atoms with van der Waals surface area (Å²) in [6, 6.07) is 9.74. The minimum atomic E-state index is -0.412. The molecule has 0 unspecified atom stereocenters. The van der Waals surface area contributed by atoms with Crippen LogP contribution in [0.5, 0.6) is 0 Å². The summed E-state index contributed by atoms with van der Waals surface area (Å²) in [5.41, 5.74) is 2.89. The number of rotatable bonds is 4. The van der Waals surface area contributed by atoms with Crippen molar-refractivity contribution in [3.8, 4) is 0 Å². The minimum absolute atomic E-state index is 0.264. The number of hydrazine groups is 1. The molecule has 0 aliphatic heterocycles. The first-order chi connectivity index (χ1) is 8.70. The second-order valence-electron chi connectivity index (χ2n) is 3.49. The highest BCUT2D eigenvalue weighted by Crippen LogP contribution is 2.27. The summed E-state index contributed by atoms with van der Waals surface area (Å²) < 4.78 is 6.14. The molecular weight excluding hydrogens is 316 g/mol. The van der Waals surface area contributed by atoms with Crippen LogP contribution in [-0.4, -0.2) is 5.91 Å². The van der Waals surface area contributed by atoms with E-state index in [0.717, 1.165) is 14.9 Å². The Labute approximate surface area is 117 Å². The largest absolute Gasteiger partial charge is 0.459 e. The van der Waals surface area contributed by atoms with Crippen molar-refractivity contribution in [1.82, 2.24) is 5.43 Å². The Kier molecular flexibility index (Phi) is 4.46. The van der Waals surface area contributed by atoms with Gasteiger partial charge < -0.3 is 4.42 Å².